The van der Waals surface area contributed by atoms with Crippen molar-refractivity contribution < 1.29 is 24.5 Å². The molecule has 8 rings (SSSR count). The van der Waals surface area contributed by atoms with Crippen molar-refractivity contribution >= 4 is 35.2 Å². The van der Waals surface area contributed by atoms with E-state index < -0.39 is 8.07 Å². The molecule has 50 heavy (non-hydrogen) atoms. The van der Waals surface area contributed by atoms with Crippen molar-refractivity contribution in [3.05, 3.63) is 145 Å². The minimum Gasteiger partial charge on any atom is -0.477 e. The van der Waals surface area contributed by atoms with Crippen LogP contribution >= 0.6 is 0 Å². The maximum Gasteiger partial charge on any atom is 3.00 e. The molecule has 2 heterocycles. The SMILES string of the molecule is C[Si](C)(C)c1c[c-]c(-c2[c-]cccc2)cc1CC1CCCCC1.Cc1cc(-c2ccccc2)cc2oc3[c-]c(-c4ccccn4)ccc3c12.[Ir+3]. The summed E-state index contributed by atoms with van der Waals surface area (Å²) >= 11 is 0. The Bertz CT molecular complexity index is 2160. The van der Waals surface area contributed by atoms with Crippen LogP contribution in [0.3, 0.4) is 0 Å². The zero-order valence-corrected chi connectivity index (χ0v) is 32.9. The Morgan fingerprint density at radius 2 is 1.54 bits per heavy atom. The molecule has 0 aliphatic heterocycles. The van der Waals surface area contributed by atoms with Gasteiger partial charge in [-0.1, -0.05) is 112 Å². The fourth-order valence-corrected chi connectivity index (χ4v) is 8.97. The third-order valence-corrected chi connectivity index (χ3v) is 11.9. The number of hydrogen-bond acceptors (Lipinski definition) is 2. The summed E-state index contributed by atoms with van der Waals surface area (Å²) in [5, 5.41) is 3.85. The Morgan fingerprint density at radius 1 is 0.760 bits per heavy atom. The fraction of sp³-hybridized carbons (Fsp3) is 0.239. The third kappa shape index (κ3) is 8.10. The molecule has 1 aliphatic rings. The second kappa shape index (κ2) is 15.9. The summed E-state index contributed by atoms with van der Waals surface area (Å²) in [6, 6.07) is 48.0. The summed E-state index contributed by atoms with van der Waals surface area (Å²) in [5.74, 6) is 0.883. The van der Waals surface area contributed by atoms with Gasteiger partial charge in [0, 0.05) is 14.3 Å². The van der Waals surface area contributed by atoms with Crippen molar-refractivity contribution in [2.45, 2.75) is 65.1 Å². The van der Waals surface area contributed by atoms with Gasteiger partial charge in [-0.3, -0.25) is 0 Å². The maximum absolute atomic E-state index is 6.17. The van der Waals surface area contributed by atoms with Crippen LogP contribution in [-0.2, 0) is 26.5 Å². The first kappa shape index (κ1) is 35.7. The second-order valence-electron chi connectivity index (χ2n) is 14.5. The molecular formula is C46H44IrNOSi. The first-order chi connectivity index (χ1) is 23.8. The van der Waals surface area contributed by atoms with Crippen LogP contribution in [0.25, 0.3) is 55.4 Å². The number of nitrogens with zero attached hydrogens (tertiary/aromatic N) is 1. The van der Waals surface area contributed by atoms with Gasteiger partial charge in [0.2, 0.25) is 0 Å². The predicted octanol–water partition coefficient (Wildman–Crippen LogP) is 12.0. The van der Waals surface area contributed by atoms with Crippen LogP contribution in [0.1, 0.15) is 43.2 Å². The molecule has 7 aromatic rings. The number of aryl methyl sites for hydroxylation is 1. The minimum atomic E-state index is -1.33. The predicted molar refractivity (Wildman–Crippen MR) is 209 cm³/mol. The molecule has 0 spiro atoms. The van der Waals surface area contributed by atoms with E-state index in [1.807, 2.05) is 36.4 Å². The van der Waals surface area contributed by atoms with E-state index in [-0.39, 0.29) is 20.1 Å². The first-order valence-corrected chi connectivity index (χ1v) is 21.2. The van der Waals surface area contributed by atoms with Crippen LogP contribution < -0.4 is 5.19 Å². The summed E-state index contributed by atoms with van der Waals surface area (Å²) in [6.45, 7) is 9.50. The molecule has 1 saturated carbocycles. The number of furan rings is 1. The molecule has 0 N–H and O–H groups in total. The Balaban J connectivity index is 0.000000171. The number of fused-ring (bicyclic) bond motifs is 3. The summed E-state index contributed by atoms with van der Waals surface area (Å²) in [4.78, 5) is 4.41. The van der Waals surface area contributed by atoms with E-state index >= 15 is 0 Å². The summed E-state index contributed by atoms with van der Waals surface area (Å²) in [6.07, 6.45) is 10.2. The molecule has 0 atom stereocenters. The average Bonchev–Trinajstić information content (AvgIpc) is 3.51. The molecule has 5 aromatic carbocycles. The Hall–Kier alpha value is -4.08. The second-order valence-corrected chi connectivity index (χ2v) is 19.5. The van der Waals surface area contributed by atoms with Gasteiger partial charge in [-0.25, -0.2) is 11.1 Å². The van der Waals surface area contributed by atoms with Gasteiger partial charge >= 0.3 is 20.1 Å². The number of hydrogen-bond donors (Lipinski definition) is 0. The molecule has 2 nitrogen and oxygen atoms in total. The third-order valence-electron chi connectivity index (χ3n) is 9.82. The first-order valence-electron chi connectivity index (χ1n) is 17.7. The van der Waals surface area contributed by atoms with Gasteiger partial charge in [0.1, 0.15) is 5.58 Å². The van der Waals surface area contributed by atoms with E-state index in [9.17, 15) is 0 Å². The number of pyridine rings is 1. The number of aromatic nitrogens is 1. The van der Waals surface area contributed by atoms with E-state index in [2.05, 4.69) is 123 Å². The molecule has 0 saturated heterocycles. The van der Waals surface area contributed by atoms with Gasteiger partial charge in [-0.15, -0.1) is 34.5 Å². The molecular weight excluding hydrogens is 803 g/mol. The largest absolute Gasteiger partial charge is 3.00 e. The zero-order valence-electron chi connectivity index (χ0n) is 29.5. The fourth-order valence-electron chi connectivity index (χ4n) is 7.33. The smallest absolute Gasteiger partial charge is 0.477 e. The van der Waals surface area contributed by atoms with Gasteiger partial charge in [-0.05, 0) is 59.2 Å². The van der Waals surface area contributed by atoms with Gasteiger partial charge < -0.3 is 9.40 Å². The molecule has 4 heteroatoms. The summed E-state index contributed by atoms with van der Waals surface area (Å²) in [5.41, 5.74) is 11.0. The molecule has 1 fully saturated rings. The topological polar surface area (TPSA) is 26.0 Å². The Kier molecular flexibility index (Phi) is 11.3. The van der Waals surface area contributed by atoms with Crippen molar-refractivity contribution in [1.29, 1.82) is 0 Å². The van der Waals surface area contributed by atoms with Crippen molar-refractivity contribution in [3.8, 4) is 33.5 Å². The number of rotatable bonds is 6. The molecule has 0 radical (unpaired) electrons. The van der Waals surface area contributed by atoms with Crippen LogP contribution in [0, 0.1) is 31.0 Å². The maximum atomic E-state index is 6.17. The van der Waals surface area contributed by atoms with Crippen molar-refractivity contribution in [1.82, 2.24) is 4.98 Å². The molecule has 2 aromatic heterocycles. The molecule has 0 bridgehead atoms. The monoisotopic (exact) mass is 847 g/mol. The minimum absolute atomic E-state index is 0. The van der Waals surface area contributed by atoms with Crippen LogP contribution in [0.15, 0.2) is 120 Å². The molecule has 252 valence electrons. The van der Waals surface area contributed by atoms with Crippen LogP contribution in [-0.4, -0.2) is 13.1 Å². The van der Waals surface area contributed by atoms with Gasteiger partial charge in [0.15, 0.2) is 0 Å². The zero-order chi connectivity index (χ0) is 33.8. The molecule has 1 aliphatic carbocycles. The van der Waals surface area contributed by atoms with Crippen molar-refractivity contribution in [2.75, 3.05) is 0 Å². The Labute approximate surface area is 312 Å². The summed E-state index contributed by atoms with van der Waals surface area (Å²) < 4.78 is 6.17. The van der Waals surface area contributed by atoms with E-state index in [4.69, 9.17) is 4.42 Å². The molecule has 0 unspecified atom stereocenters. The van der Waals surface area contributed by atoms with Crippen LogP contribution in [0.2, 0.25) is 19.6 Å². The van der Waals surface area contributed by atoms with E-state index in [1.165, 1.54) is 66.3 Å². The molecule has 0 amide bonds. The van der Waals surface area contributed by atoms with E-state index in [0.717, 1.165) is 39.1 Å². The van der Waals surface area contributed by atoms with Gasteiger partial charge in [0.25, 0.3) is 0 Å². The Morgan fingerprint density at radius 3 is 2.26 bits per heavy atom. The van der Waals surface area contributed by atoms with Crippen molar-refractivity contribution in [3.63, 3.8) is 0 Å². The quantitative estimate of drug-likeness (QED) is 0.123. The van der Waals surface area contributed by atoms with E-state index in [1.54, 1.807) is 16.9 Å². The van der Waals surface area contributed by atoms with Crippen molar-refractivity contribution in [2.24, 2.45) is 5.92 Å². The summed E-state index contributed by atoms with van der Waals surface area (Å²) in [7, 11) is -1.33. The van der Waals surface area contributed by atoms with Gasteiger partial charge in [0.05, 0.1) is 5.58 Å². The van der Waals surface area contributed by atoms with Gasteiger partial charge in [-0.2, -0.15) is 42.5 Å². The average molecular weight is 847 g/mol. The normalized spacial score (nSPS) is 13.4. The van der Waals surface area contributed by atoms with E-state index in [0.29, 0.717) is 0 Å². The van der Waals surface area contributed by atoms with Crippen LogP contribution in [0.5, 0.6) is 0 Å². The number of benzene rings is 5. The van der Waals surface area contributed by atoms with Crippen LogP contribution in [0.4, 0.5) is 0 Å². The standard InChI is InChI=1S/C24H16NO.C22H28Si.Ir/c1-16-13-19(17-7-3-2-4-8-17)15-23-24(16)20-11-10-18(14-22(20)26-23)21-9-5-6-12-25-21;1-23(2,3)22-15-14-20(19-12-8-5-9-13-19)17-21(22)16-18-10-6-4-7-11-18;/h2-13,15H,1H3;5,8-9,12,15,17-18H,4,6-7,10-11,16H2,1-3H3;/q-1;-2;+3.